The highest BCUT2D eigenvalue weighted by molar-refractivity contribution is 5.76. The molecule has 2 heterocycles. The van der Waals surface area contributed by atoms with Crippen molar-refractivity contribution < 1.29 is 9.90 Å². The molecule has 2 saturated heterocycles. The van der Waals surface area contributed by atoms with Crippen LogP contribution in [0.3, 0.4) is 0 Å². The van der Waals surface area contributed by atoms with Crippen molar-refractivity contribution in [2.75, 3.05) is 19.7 Å². The normalized spacial score (nSPS) is 29.0. The van der Waals surface area contributed by atoms with Gasteiger partial charge in [-0.15, -0.1) is 0 Å². The van der Waals surface area contributed by atoms with Gasteiger partial charge in [-0.05, 0) is 38.6 Å². The van der Waals surface area contributed by atoms with Crippen molar-refractivity contribution in [3.63, 3.8) is 0 Å². The third-order valence-electron chi connectivity index (χ3n) is 4.01. The van der Waals surface area contributed by atoms with E-state index in [9.17, 15) is 4.79 Å². The summed E-state index contributed by atoms with van der Waals surface area (Å²) >= 11 is 0. The number of fused-ring (bicyclic) bond motifs is 1. The third-order valence-corrected chi connectivity index (χ3v) is 4.01. The number of aliphatic hydroxyl groups excluding tert-OH is 1. The highest BCUT2D eigenvalue weighted by Crippen LogP contribution is 2.27. The summed E-state index contributed by atoms with van der Waals surface area (Å²) in [5.74, 6) is 0.163. The molecule has 4 heteroatoms. The second-order valence-electron chi connectivity index (χ2n) is 5.24. The molecular formula is C13H24N2O2. The van der Waals surface area contributed by atoms with Crippen molar-refractivity contribution >= 4 is 5.91 Å². The Morgan fingerprint density at radius 1 is 1.24 bits per heavy atom. The molecule has 17 heavy (non-hydrogen) atoms. The highest BCUT2D eigenvalue weighted by atomic mass is 16.3. The van der Waals surface area contributed by atoms with Crippen LogP contribution in [0.1, 0.15) is 44.9 Å². The van der Waals surface area contributed by atoms with E-state index in [0.29, 0.717) is 18.5 Å². The van der Waals surface area contributed by atoms with Crippen LogP contribution in [0.4, 0.5) is 0 Å². The van der Waals surface area contributed by atoms with Crippen molar-refractivity contribution in [2.45, 2.75) is 57.0 Å². The zero-order chi connectivity index (χ0) is 12.1. The fraction of sp³-hybridized carbons (Fsp3) is 0.923. The molecule has 0 aromatic carbocycles. The van der Waals surface area contributed by atoms with E-state index in [1.54, 1.807) is 0 Å². The van der Waals surface area contributed by atoms with Crippen molar-refractivity contribution in [3.05, 3.63) is 0 Å². The van der Waals surface area contributed by atoms with Gasteiger partial charge in [0.1, 0.15) is 0 Å². The van der Waals surface area contributed by atoms with Crippen molar-refractivity contribution in [2.24, 2.45) is 0 Å². The Bertz CT molecular complexity index is 258. The molecule has 0 aliphatic carbocycles. The van der Waals surface area contributed by atoms with Gasteiger partial charge in [-0.25, -0.2) is 0 Å². The molecule has 0 spiro atoms. The van der Waals surface area contributed by atoms with Crippen LogP contribution in [0.25, 0.3) is 0 Å². The predicted molar refractivity (Wildman–Crippen MR) is 66.7 cm³/mol. The third kappa shape index (κ3) is 3.42. The quantitative estimate of drug-likeness (QED) is 0.702. The number of hydrogen-bond acceptors (Lipinski definition) is 3. The van der Waals surface area contributed by atoms with E-state index in [2.05, 4.69) is 10.2 Å². The van der Waals surface area contributed by atoms with Crippen LogP contribution in [0, 0.1) is 0 Å². The summed E-state index contributed by atoms with van der Waals surface area (Å²) in [5.41, 5.74) is 0. The van der Waals surface area contributed by atoms with Gasteiger partial charge in [0.25, 0.3) is 0 Å². The van der Waals surface area contributed by atoms with Crippen molar-refractivity contribution in [1.82, 2.24) is 10.2 Å². The summed E-state index contributed by atoms with van der Waals surface area (Å²) in [6.45, 7) is 2.54. The van der Waals surface area contributed by atoms with Crippen LogP contribution in [-0.2, 0) is 4.79 Å². The first-order chi connectivity index (χ1) is 8.31. The van der Waals surface area contributed by atoms with E-state index in [-0.39, 0.29) is 12.5 Å². The van der Waals surface area contributed by atoms with E-state index in [4.69, 9.17) is 5.11 Å². The molecule has 0 bridgehead atoms. The maximum absolute atomic E-state index is 11.7. The van der Waals surface area contributed by atoms with E-state index in [1.165, 1.54) is 25.8 Å². The molecule has 0 aromatic heterocycles. The number of carbonyl (C=O) groups excluding carboxylic acids is 1. The van der Waals surface area contributed by atoms with E-state index >= 15 is 0 Å². The van der Waals surface area contributed by atoms with Crippen molar-refractivity contribution in [1.29, 1.82) is 0 Å². The maximum atomic E-state index is 11.7. The zero-order valence-electron chi connectivity index (χ0n) is 10.5. The van der Waals surface area contributed by atoms with Gasteiger partial charge in [-0.2, -0.15) is 0 Å². The Morgan fingerprint density at radius 2 is 2.12 bits per heavy atom. The van der Waals surface area contributed by atoms with Crippen molar-refractivity contribution in [3.8, 4) is 0 Å². The molecule has 0 aromatic rings. The number of rotatable bonds is 5. The summed E-state index contributed by atoms with van der Waals surface area (Å²) in [4.78, 5) is 14.3. The fourth-order valence-corrected chi connectivity index (χ4v) is 3.09. The second-order valence-corrected chi connectivity index (χ2v) is 5.24. The van der Waals surface area contributed by atoms with Gasteiger partial charge in [0.15, 0.2) is 0 Å². The number of unbranched alkanes of at least 4 members (excludes halogenated alkanes) is 1. The lowest BCUT2D eigenvalue weighted by Crippen LogP contribution is -2.46. The van der Waals surface area contributed by atoms with Crippen LogP contribution in [-0.4, -0.2) is 47.7 Å². The average molecular weight is 240 g/mol. The molecule has 2 rings (SSSR count). The summed E-state index contributed by atoms with van der Waals surface area (Å²) in [6.07, 6.45) is 7.05. The van der Waals surface area contributed by atoms with Gasteiger partial charge >= 0.3 is 0 Å². The van der Waals surface area contributed by atoms with Gasteiger partial charge in [0.05, 0.1) is 0 Å². The largest absolute Gasteiger partial charge is 0.396 e. The molecule has 2 fully saturated rings. The Balaban J connectivity index is 1.73. The predicted octanol–water partition coefficient (Wildman–Crippen LogP) is 0.892. The molecule has 2 aliphatic rings. The summed E-state index contributed by atoms with van der Waals surface area (Å²) in [6, 6.07) is 0.961. The number of aliphatic hydroxyl groups is 1. The number of hydrogen-bond donors (Lipinski definition) is 2. The fourth-order valence-electron chi connectivity index (χ4n) is 3.09. The molecule has 2 N–H and O–H groups in total. The van der Waals surface area contributed by atoms with Gasteiger partial charge < -0.3 is 10.4 Å². The minimum Gasteiger partial charge on any atom is -0.396 e. The molecule has 2 unspecified atom stereocenters. The molecule has 0 saturated carbocycles. The summed E-state index contributed by atoms with van der Waals surface area (Å²) in [7, 11) is 0. The monoisotopic (exact) mass is 240 g/mol. The smallest absolute Gasteiger partial charge is 0.220 e. The SMILES string of the molecule is O=C(CCCCO)NC1CCN2CCCCC12. The number of piperidine rings is 1. The standard InChI is InChI=1S/C13H24N2O2/c16-10-4-2-6-13(17)14-11-7-9-15-8-3-1-5-12(11)15/h11-12,16H,1-10H2,(H,14,17). The van der Waals surface area contributed by atoms with Gasteiger partial charge in [0, 0.05) is 31.7 Å². The Morgan fingerprint density at radius 3 is 2.94 bits per heavy atom. The molecule has 98 valence electrons. The van der Waals surface area contributed by atoms with Gasteiger partial charge in [0.2, 0.25) is 5.91 Å². The first-order valence-corrected chi connectivity index (χ1v) is 6.95. The molecule has 4 nitrogen and oxygen atoms in total. The Labute approximate surface area is 103 Å². The van der Waals surface area contributed by atoms with Crippen LogP contribution < -0.4 is 5.32 Å². The minimum absolute atomic E-state index is 0.163. The number of nitrogens with zero attached hydrogens (tertiary/aromatic N) is 1. The van der Waals surface area contributed by atoms with E-state index < -0.39 is 0 Å². The minimum atomic E-state index is 0.163. The molecule has 2 aliphatic heterocycles. The average Bonchev–Trinajstić information content (AvgIpc) is 2.73. The van der Waals surface area contributed by atoms with Crippen LogP contribution >= 0.6 is 0 Å². The summed E-state index contributed by atoms with van der Waals surface area (Å²) in [5, 5.41) is 11.9. The summed E-state index contributed by atoms with van der Waals surface area (Å²) < 4.78 is 0. The molecule has 1 amide bonds. The van der Waals surface area contributed by atoms with E-state index in [0.717, 1.165) is 25.8 Å². The number of nitrogens with one attached hydrogen (secondary N) is 1. The van der Waals surface area contributed by atoms with Crippen LogP contribution in [0.5, 0.6) is 0 Å². The number of carbonyl (C=O) groups is 1. The zero-order valence-corrected chi connectivity index (χ0v) is 10.5. The maximum Gasteiger partial charge on any atom is 0.220 e. The lowest BCUT2D eigenvalue weighted by Gasteiger charge is -2.32. The molecule has 2 atom stereocenters. The first kappa shape index (κ1) is 12.8. The first-order valence-electron chi connectivity index (χ1n) is 6.95. The lowest BCUT2D eigenvalue weighted by atomic mass is 9.99. The van der Waals surface area contributed by atoms with Crippen LogP contribution in [0.2, 0.25) is 0 Å². The Hall–Kier alpha value is -0.610. The highest BCUT2D eigenvalue weighted by Gasteiger charge is 2.35. The van der Waals surface area contributed by atoms with E-state index in [1.807, 2.05) is 0 Å². The number of amides is 1. The topological polar surface area (TPSA) is 52.6 Å². The second kappa shape index (κ2) is 6.36. The molecular weight excluding hydrogens is 216 g/mol. The lowest BCUT2D eigenvalue weighted by molar-refractivity contribution is -0.122. The Kier molecular flexibility index (Phi) is 4.80. The van der Waals surface area contributed by atoms with Crippen LogP contribution in [0.15, 0.2) is 0 Å². The van der Waals surface area contributed by atoms with Gasteiger partial charge in [-0.1, -0.05) is 6.42 Å². The van der Waals surface area contributed by atoms with Gasteiger partial charge in [-0.3, -0.25) is 9.69 Å². The molecule has 0 radical (unpaired) electrons.